The highest BCUT2D eigenvalue weighted by Crippen LogP contribution is 2.31. The monoisotopic (exact) mass is 361 g/mol. The zero-order chi connectivity index (χ0) is 18.3. The third kappa shape index (κ3) is 3.00. The van der Waals surface area contributed by atoms with Crippen LogP contribution in [0.4, 0.5) is 13.2 Å². The standard InChI is InChI=1S/C17H14F3N5O/c18-17(19,20)4-1-13(26)25-6-3-10(9-25)15-14-11(8-23-24-15)7-22-16-12(14)2-5-21-16/h2-3,5,7-8,24H,1,4,6,9H2. The number of pyridine rings is 1. The number of carbonyl (C=O) groups excluding carboxylic acids is 1. The molecule has 134 valence electrons. The number of halogens is 3. The second-order valence-corrected chi connectivity index (χ2v) is 6.13. The van der Waals surface area contributed by atoms with Gasteiger partial charge in [0.25, 0.3) is 0 Å². The number of carbonyl (C=O) groups is 1. The van der Waals surface area contributed by atoms with Crippen molar-refractivity contribution in [3.8, 4) is 0 Å². The number of fused-ring (bicyclic) bond motifs is 3. The van der Waals surface area contributed by atoms with E-state index in [0.29, 0.717) is 5.65 Å². The van der Waals surface area contributed by atoms with E-state index in [4.69, 9.17) is 0 Å². The molecule has 4 rings (SSSR count). The Morgan fingerprint density at radius 2 is 2.12 bits per heavy atom. The van der Waals surface area contributed by atoms with E-state index in [-0.39, 0.29) is 13.1 Å². The summed E-state index contributed by atoms with van der Waals surface area (Å²) >= 11 is 0. The van der Waals surface area contributed by atoms with Crippen molar-refractivity contribution < 1.29 is 18.0 Å². The van der Waals surface area contributed by atoms with Gasteiger partial charge in [-0.2, -0.15) is 18.3 Å². The molecule has 0 unspecified atom stereocenters. The maximum absolute atomic E-state index is 12.3. The minimum Gasteiger partial charge on any atom is -0.335 e. The Hall–Kier alpha value is -2.97. The van der Waals surface area contributed by atoms with Gasteiger partial charge in [-0.25, -0.2) is 9.97 Å². The van der Waals surface area contributed by atoms with Crippen molar-refractivity contribution in [2.75, 3.05) is 13.1 Å². The first-order chi connectivity index (χ1) is 12.4. The van der Waals surface area contributed by atoms with Gasteiger partial charge in [-0.05, 0) is 11.6 Å². The van der Waals surface area contributed by atoms with Gasteiger partial charge in [0.2, 0.25) is 5.91 Å². The van der Waals surface area contributed by atoms with Crippen LogP contribution in [0.2, 0.25) is 0 Å². The summed E-state index contributed by atoms with van der Waals surface area (Å²) in [6.45, 7) is 0.523. The molecule has 9 heteroatoms. The zero-order valence-corrected chi connectivity index (χ0v) is 13.5. The third-order valence-corrected chi connectivity index (χ3v) is 4.41. The molecule has 0 radical (unpaired) electrons. The summed E-state index contributed by atoms with van der Waals surface area (Å²) in [5, 5.41) is 9.64. The second-order valence-electron chi connectivity index (χ2n) is 6.13. The zero-order valence-electron chi connectivity index (χ0n) is 13.5. The van der Waals surface area contributed by atoms with Gasteiger partial charge < -0.3 is 4.90 Å². The lowest BCUT2D eigenvalue weighted by molar-refractivity contribution is -0.148. The minimum atomic E-state index is -4.33. The predicted molar refractivity (Wildman–Crippen MR) is 89.0 cm³/mol. The van der Waals surface area contributed by atoms with Gasteiger partial charge in [0, 0.05) is 48.1 Å². The molecule has 26 heavy (non-hydrogen) atoms. The molecular formula is C17H14F3N5O. The Morgan fingerprint density at radius 3 is 2.92 bits per heavy atom. The Kier molecular flexibility index (Phi) is 3.86. The average Bonchev–Trinajstić information content (AvgIpc) is 3.27. The van der Waals surface area contributed by atoms with Crippen molar-refractivity contribution in [3.05, 3.63) is 36.4 Å². The van der Waals surface area contributed by atoms with Crippen LogP contribution in [0.5, 0.6) is 0 Å². The lowest BCUT2D eigenvalue weighted by Gasteiger charge is -2.17. The first kappa shape index (κ1) is 16.5. The number of aromatic amines is 1. The minimum absolute atomic E-state index is 0.242. The maximum Gasteiger partial charge on any atom is 0.389 e. The molecule has 6 nitrogen and oxygen atoms in total. The SMILES string of the molecule is O=C(CCC(F)(F)F)N1CC=C(c2[nH]ncc3cnc4nccc4c23)C1. The summed E-state index contributed by atoms with van der Waals surface area (Å²) in [6, 6.07) is 1.85. The molecule has 0 fully saturated rings. The van der Waals surface area contributed by atoms with Crippen LogP contribution in [0.3, 0.4) is 0 Å². The number of nitrogens with zero attached hydrogens (tertiary/aromatic N) is 4. The normalized spacial score (nSPS) is 15.0. The molecule has 0 spiro atoms. The second kappa shape index (κ2) is 6.08. The van der Waals surface area contributed by atoms with E-state index in [1.165, 1.54) is 4.90 Å². The first-order valence-corrected chi connectivity index (χ1v) is 8.03. The topological polar surface area (TPSA) is 74.8 Å². The van der Waals surface area contributed by atoms with E-state index >= 15 is 0 Å². The molecule has 3 aromatic rings. The van der Waals surface area contributed by atoms with Crippen LogP contribution in [-0.2, 0) is 4.79 Å². The van der Waals surface area contributed by atoms with Crippen molar-refractivity contribution in [2.45, 2.75) is 19.0 Å². The number of aromatic nitrogens is 4. The van der Waals surface area contributed by atoms with Gasteiger partial charge in [-0.15, -0.1) is 0 Å². The van der Waals surface area contributed by atoms with Crippen LogP contribution in [-0.4, -0.2) is 50.2 Å². The van der Waals surface area contributed by atoms with E-state index in [1.54, 1.807) is 18.6 Å². The lowest BCUT2D eigenvalue weighted by Crippen LogP contribution is -2.29. The van der Waals surface area contributed by atoms with E-state index in [2.05, 4.69) is 20.2 Å². The summed E-state index contributed by atoms with van der Waals surface area (Å²) < 4.78 is 37.0. The van der Waals surface area contributed by atoms with Gasteiger partial charge >= 0.3 is 6.18 Å². The molecule has 1 aliphatic heterocycles. The van der Waals surface area contributed by atoms with Crippen LogP contribution in [0, 0.1) is 0 Å². The van der Waals surface area contributed by atoms with Gasteiger partial charge in [-0.1, -0.05) is 6.08 Å². The molecule has 1 N–H and O–H groups in total. The fraction of sp³-hybridized carbons (Fsp3) is 0.294. The van der Waals surface area contributed by atoms with Crippen LogP contribution in [0.1, 0.15) is 18.5 Å². The van der Waals surface area contributed by atoms with E-state index in [9.17, 15) is 18.0 Å². The van der Waals surface area contributed by atoms with Crippen molar-refractivity contribution in [1.82, 2.24) is 25.1 Å². The number of H-pyrrole nitrogens is 1. The summed E-state index contributed by atoms with van der Waals surface area (Å²) in [7, 11) is 0. The Bertz CT molecular complexity index is 1020. The first-order valence-electron chi connectivity index (χ1n) is 8.03. The van der Waals surface area contributed by atoms with Crippen LogP contribution >= 0.6 is 0 Å². The van der Waals surface area contributed by atoms with Crippen molar-refractivity contribution in [3.63, 3.8) is 0 Å². The van der Waals surface area contributed by atoms with Crippen molar-refractivity contribution in [1.29, 1.82) is 0 Å². The number of hydrogen-bond acceptors (Lipinski definition) is 4. The summed E-state index contributed by atoms with van der Waals surface area (Å²) in [6.07, 6.45) is 0.853. The van der Waals surface area contributed by atoms with Gasteiger partial charge in [0.15, 0.2) is 5.65 Å². The highest BCUT2D eigenvalue weighted by molar-refractivity contribution is 6.09. The van der Waals surface area contributed by atoms with Crippen LogP contribution in [0.15, 0.2) is 30.7 Å². The molecule has 1 amide bonds. The number of rotatable bonds is 3. The Labute approximate surface area is 145 Å². The molecule has 0 saturated heterocycles. The molecular weight excluding hydrogens is 347 g/mol. The molecule has 0 saturated carbocycles. The molecule has 0 bridgehead atoms. The number of hydrogen-bond donors (Lipinski definition) is 1. The molecule has 0 aromatic carbocycles. The quantitative estimate of drug-likeness (QED) is 0.778. The van der Waals surface area contributed by atoms with E-state index < -0.39 is 24.9 Å². The molecule has 0 aliphatic carbocycles. The largest absolute Gasteiger partial charge is 0.389 e. The average molecular weight is 361 g/mol. The number of amides is 1. The predicted octanol–water partition coefficient (Wildman–Crippen LogP) is 3.07. The van der Waals surface area contributed by atoms with Gasteiger partial charge in [-0.3, -0.25) is 9.89 Å². The summed E-state index contributed by atoms with van der Waals surface area (Å²) in [4.78, 5) is 21.9. The summed E-state index contributed by atoms with van der Waals surface area (Å²) in [5.74, 6) is -0.511. The highest BCUT2D eigenvalue weighted by atomic mass is 19.4. The number of nitrogens with one attached hydrogen (secondary N) is 1. The molecule has 1 aliphatic rings. The van der Waals surface area contributed by atoms with E-state index in [1.807, 2.05) is 12.1 Å². The third-order valence-electron chi connectivity index (χ3n) is 4.41. The fourth-order valence-electron chi connectivity index (χ4n) is 3.14. The fourth-order valence-corrected chi connectivity index (χ4v) is 3.14. The van der Waals surface area contributed by atoms with Gasteiger partial charge in [0.1, 0.15) is 0 Å². The number of alkyl halides is 3. The smallest absolute Gasteiger partial charge is 0.335 e. The van der Waals surface area contributed by atoms with Crippen molar-refractivity contribution in [2.24, 2.45) is 0 Å². The Morgan fingerprint density at radius 1 is 1.27 bits per heavy atom. The van der Waals surface area contributed by atoms with Crippen LogP contribution < -0.4 is 0 Å². The summed E-state index contributed by atoms with van der Waals surface area (Å²) in [5.41, 5.74) is 2.15. The maximum atomic E-state index is 12.3. The molecule has 4 heterocycles. The highest BCUT2D eigenvalue weighted by Gasteiger charge is 2.30. The molecule has 3 aromatic heterocycles. The molecule has 0 atom stereocenters. The van der Waals surface area contributed by atoms with E-state index in [0.717, 1.165) is 27.4 Å². The lowest BCUT2D eigenvalue weighted by atomic mass is 10.0. The van der Waals surface area contributed by atoms with Gasteiger partial charge in [0.05, 0.1) is 18.3 Å². The van der Waals surface area contributed by atoms with Crippen LogP contribution in [0.25, 0.3) is 27.4 Å². The van der Waals surface area contributed by atoms with Crippen molar-refractivity contribution >= 4 is 33.3 Å². The Balaban J connectivity index is 1.61.